The fourth-order valence-electron chi connectivity index (χ4n) is 2.08. The van der Waals surface area contributed by atoms with E-state index in [1.54, 1.807) is 0 Å². The van der Waals surface area contributed by atoms with Gasteiger partial charge in [-0.05, 0) is 46.1 Å². The predicted molar refractivity (Wildman–Crippen MR) is 70.2 cm³/mol. The topological polar surface area (TPSA) is 35.8 Å². The molecule has 1 atom stereocenters. The molecule has 1 N–H and O–H groups in total. The number of nitriles is 1. The molecule has 0 rings (SSSR count). The summed E-state index contributed by atoms with van der Waals surface area (Å²) in [6.45, 7) is 11.8. The van der Waals surface area contributed by atoms with Gasteiger partial charge < -0.3 is 5.32 Å². The lowest BCUT2D eigenvalue weighted by atomic mass is 9.89. The third-order valence-electron chi connectivity index (χ3n) is 3.50. The quantitative estimate of drug-likeness (QED) is 0.638. The standard InChI is InChI=1S/C14H28N2/c1-6-13(7-2)12(3)16-10-8-9-14(4,5)11-15/h12-13,16H,6-10H2,1-5H3. The lowest BCUT2D eigenvalue weighted by molar-refractivity contribution is 0.341. The van der Waals surface area contributed by atoms with Crippen molar-refractivity contribution in [2.45, 2.75) is 66.3 Å². The van der Waals surface area contributed by atoms with E-state index in [0.29, 0.717) is 6.04 Å². The fraction of sp³-hybridized carbons (Fsp3) is 0.929. The minimum atomic E-state index is -0.167. The van der Waals surface area contributed by atoms with Crippen LogP contribution in [0, 0.1) is 22.7 Å². The first-order valence-electron chi connectivity index (χ1n) is 6.61. The summed E-state index contributed by atoms with van der Waals surface area (Å²) in [6, 6.07) is 2.94. The number of rotatable bonds is 8. The van der Waals surface area contributed by atoms with E-state index < -0.39 is 0 Å². The molecule has 0 radical (unpaired) electrons. The van der Waals surface area contributed by atoms with Gasteiger partial charge in [0.05, 0.1) is 11.5 Å². The first-order chi connectivity index (χ1) is 7.46. The van der Waals surface area contributed by atoms with Gasteiger partial charge in [-0.15, -0.1) is 0 Å². The SMILES string of the molecule is CCC(CC)C(C)NCCCC(C)(C)C#N. The molecule has 0 aliphatic carbocycles. The average molecular weight is 224 g/mol. The van der Waals surface area contributed by atoms with Crippen LogP contribution in [0.3, 0.4) is 0 Å². The molecule has 0 fully saturated rings. The van der Waals surface area contributed by atoms with Crippen LogP contribution in [-0.2, 0) is 0 Å². The zero-order valence-electron chi connectivity index (χ0n) is 11.6. The van der Waals surface area contributed by atoms with Crippen molar-refractivity contribution in [2.24, 2.45) is 11.3 Å². The highest BCUT2D eigenvalue weighted by molar-refractivity contribution is 4.91. The van der Waals surface area contributed by atoms with Crippen LogP contribution in [0.1, 0.15) is 60.3 Å². The minimum absolute atomic E-state index is 0.167. The molecule has 94 valence electrons. The molecule has 0 aromatic heterocycles. The molecule has 2 nitrogen and oxygen atoms in total. The molecule has 0 aromatic carbocycles. The van der Waals surface area contributed by atoms with Crippen molar-refractivity contribution in [3.8, 4) is 6.07 Å². The number of nitrogens with one attached hydrogen (secondary N) is 1. The Kier molecular flexibility index (Phi) is 7.42. The normalized spacial score (nSPS) is 13.8. The van der Waals surface area contributed by atoms with E-state index in [1.165, 1.54) is 12.8 Å². The molecule has 16 heavy (non-hydrogen) atoms. The van der Waals surface area contributed by atoms with Crippen LogP contribution >= 0.6 is 0 Å². The van der Waals surface area contributed by atoms with Crippen LogP contribution in [0.15, 0.2) is 0 Å². The van der Waals surface area contributed by atoms with Gasteiger partial charge in [0.15, 0.2) is 0 Å². The summed E-state index contributed by atoms with van der Waals surface area (Å²) < 4.78 is 0. The number of nitrogens with zero attached hydrogens (tertiary/aromatic N) is 1. The van der Waals surface area contributed by atoms with E-state index in [-0.39, 0.29) is 5.41 Å². The van der Waals surface area contributed by atoms with Crippen LogP contribution in [0.4, 0.5) is 0 Å². The molecule has 0 amide bonds. The van der Waals surface area contributed by atoms with Crippen LogP contribution in [0.5, 0.6) is 0 Å². The smallest absolute Gasteiger partial charge is 0.0683 e. The summed E-state index contributed by atoms with van der Waals surface area (Å²) >= 11 is 0. The van der Waals surface area contributed by atoms with E-state index in [9.17, 15) is 0 Å². The average Bonchev–Trinajstić information content (AvgIpc) is 2.26. The van der Waals surface area contributed by atoms with Crippen LogP contribution in [-0.4, -0.2) is 12.6 Å². The van der Waals surface area contributed by atoms with Gasteiger partial charge in [0.25, 0.3) is 0 Å². The van der Waals surface area contributed by atoms with Gasteiger partial charge in [-0.1, -0.05) is 26.7 Å². The van der Waals surface area contributed by atoms with Gasteiger partial charge in [-0.2, -0.15) is 5.26 Å². The lowest BCUT2D eigenvalue weighted by Crippen LogP contribution is -2.34. The summed E-state index contributed by atoms with van der Waals surface area (Å²) in [5, 5.41) is 12.5. The maximum atomic E-state index is 8.90. The molecular formula is C14H28N2. The van der Waals surface area contributed by atoms with Crippen LogP contribution in [0.2, 0.25) is 0 Å². The third kappa shape index (κ3) is 6.12. The molecule has 1 unspecified atom stereocenters. The Bertz CT molecular complexity index is 211. The highest BCUT2D eigenvalue weighted by atomic mass is 14.9. The van der Waals surface area contributed by atoms with Crippen molar-refractivity contribution < 1.29 is 0 Å². The Morgan fingerprint density at radius 1 is 1.25 bits per heavy atom. The molecular weight excluding hydrogens is 196 g/mol. The Hall–Kier alpha value is -0.550. The maximum absolute atomic E-state index is 8.90. The van der Waals surface area contributed by atoms with E-state index in [1.807, 2.05) is 13.8 Å². The van der Waals surface area contributed by atoms with Crippen molar-refractivity contribution in [1.29, 1.82) is 5.26 Å². The first kappa shape index (κ1) is 15.4. The van der Waals surface area contributed by atoms with Gasteiger partial charge in [0, 0.05) is 6.04 Å². The summed E-state index contributed by atoms with van der Waals surface area (Å²) in [5.74, 6) is 0.781. The van der Waals surface area contributed by atoms with E-state index in [0.717, 1.165) is 25.3 Å². The molecule has 0 aromatic rings. The summed E-state index contributed by atoms with van der Waals surface area (Å²) in [4.78, 5) is 0. The highest BCUT2D eigenvalue weighted by Gasteiger charge is 2.16. The number of hydrogen-bond acceptors (Lipinski definition) is 2. The van der Waals surface area contributed by atoms with Crippen molar-refractivity contribution in [3.05, 3.63) is 0 Å². The Morgan fingerprint density at radius 2 is 1.81 bits per heavy atom. The molecule has 0 spiro atoms. The zero-order chi connectivity index (χ0) is 12.6. The second-order valence-corrected chi connectivity index (χ2v) is 5.42. The predicted octanol–water partition coefficient (Wildman–Crippen LogP) is 3.73. The Labute approximate surface area is 101 Å². The first-order valence-corrected chi connectivity index (χ1v) is 6.61. The molecule has 0 aliphatic rings. The Morgan fingerprint density at radius 3 is 2.25 bits per heavy atom. The number of hydrogen-bond donors (Lipinski definition) is 1. The molecule has 0 saturated carbocycles. The lowest BCUT2D eigenvalue weighted by Gasteiger charge is -2.23. The monoisotopic (exact) mass is 224 g/mol. The minimum Gasteiger partial charge on any atom is -0.314 e. The van der Waals surface area contributed by atoms with Gasteiger partial charge in [-0.3, -0.25) is 0 Å². The van der Waals surface area contributed by atoms with Crippen LogP contribution < -0.4 is 5.32 Å². The van der Waals surface area contributed by atoms with Crippen LogP contribution in [0.25, 0.3) is 0 Å². The summed E-state index contributed by atoms with van der Waals surface area (Å²) in [5.41, 5.74) is -0.167. The van der Waals surface area contributed by atoms with Crippen molar-refractivity contribution in [1.82, 2.24) is 5.32 Å². The van der Waals surface area contributed by atoms with E-state index >= 15 is 0 Å². The van der Waals surface area contributed by atoms with Crippen molar-refractivity contribution in [2.75, 3.05) is 6.54 Å². The summed E-state index contributed by atoms with van der Waals surface area (Å²) in [7, 11) is 0. The molecule has 0 aliphatic heterocycles. The van der Waals surface area contributed by atoms with Gasteiger partial charge in [0.2, 0.25) is 0 Å². The fourth-order valence-corrected chi connectivity index (χ4v) is 2.08. The maximum Gasteiger partial charge on any atom is 0.0683 e. The zero-order valence-corrected chi connectivity index (χ0v) is 11.6. The second-order valence-electron chi connectivity index (χ2n) is 5.42. The third-order valence-corrected chi connectivity index (χ3v) is 3.50. The Balaban J connectivity index is 3.71. The van der Waals surface area contributed by atoms with Gasteiger partial charge >= 0.3 is 0 Å². The van der Waals surface area contributed by atoms with E-state index in [4.69, 9.17) is 5.26 Å². The largest absolute Gasteiger partial charge is 0.314 e. The molecule has 0 heterocycles. The molecule has 0 bridgehead atoms. The summed E-state index contributed by atoms with van der Waals surface area (Å²) in [6.07, 6.45) is 4.56. The van der Waals surface area contributed by atoms with Gasteiger partial charge in [-0.25, -0.2) is 0 Å². The highest BCUT2D eigenvalue weighted by Crippen LogP contribution is 2.20. The van der Waals surface area contributed by atoms with Crippen molar-refractivity contribution >= 4 is 0 Å². The second kappa shape index (κ2) is 7.68. The van der Waals surface area contributed by atoms with Gasteiger partial charge in [0.1, 0.15) is 0 Å². The molecule has 2 heteroatoms. The van der Waals surface area contributed by atoms with E-state index in [2.05, 4.69) is 32.2 Å². The van der Waals surface area contributed by atoms with Crippen molar-refractivity contribution in [3.63, 3.8) is 0 Å². The molecule has 0 saturated heterocycles.